The van der Waals surface area contributed by atoms with Crippen molar-refractivity contribution in [3.05, 3.63) is 33.8 Å². The maximum atomic E-state index is 6.35. The average molecular weight is 363 g/mol. The Labute approximate surface area is 131 Å². The van der Waals surface area contributed by atoms with Crippen LogP contribution in [0.3, 0.4) is 0 Å². The Bertz CT molecular complexity index is 585. The Kier molecular flexibility index (Phi) is 4.90. The SMILES string of the molecule is Cl.Clc1cc2cc(Br)ccc2nc1N1CCNCC1. The van der Waals surface area contributed by atoms with Crippen LogP contribution >= 0.6 is 39.9 Å². The van der Waals surface area contributed by atoms with E-state index in [1.807, 2.05) is 24.3 Å². The number of halogens is 3. The van der Waals surface area contributed by atoms with Gasteiger partial charge in [-0.25, -0.2) is 4.98 Å². The summed E-state index contributed by atoms with van der Waals surface area (Å²) < 4.78 is 1.04. The Morgan fingerprint density at radius 1 is 1.21 bits per heavy atom. The van der Waals surface area contributed by atoms with E-state index in [0.717, 1.165) is 52.4 Å². The third-order valence-corrected chi connectivity index (χ3v) is 3.90. The van der Waals surface area contributed by atoms with Gasteiger partial charge in [0.25, 0.3) is 0 Å². The maximum absolute atomic E-state index is 6.35. The Balaban J connectivity index is 0.00000133. The van der Waals surface area contributed by atoms with E-state index in [9.17, 15) is 0 Å². The zero-order chi connectivity index (χ0) is 12.5. The number of rotatable bonds is 1. The molecule has 6 heteroatoms. The molecule has 0 spiro atoms. The summed E-state index contributed by atoms with van der Waals surface area (Å²) in [6.07, 6.45) is 0. The number of anilines is 1. The largest absolute Gasteiger partial charge is 0.353 e. The number of hydrogen-bond donors (Lipinski definition) is 1. The summed E-state index contributed by atoms with van der Waals surface area (Å²) in [4.78, 5) is 6.92. The van der Waals surface area contributed by atoms with Crippen molar-refractivity contribution in [1.29, 1.82) is 0 Å². The number of nitrogens with one attached hydrogen (secondary N) is 1. The second-order valence-electron chi connectivity index (χ2n) is 4.37. The molecule has 0 saturated carbocycles. The molecule has 1 aliphatic heterocycles. The summed E-state index contributed by atoms with van der Waals surface area (Å²) in [5.41, 5.74) is 0.983. The molecule has 0 amide bonds. The minimum atomic E-state index is 0. The van der Waals surface area contributed by atoms with Crippen molar-refractivity contribution < 1.29 is 0 Å². The molecular formula is C13H14BrCl2N3. The van der Waals surface area contributed by atoms with E-state index in [4.69, 9.17) is 11.6 Å². The number of benzene rings is 1. The van der Waals surface area contributed by atoms with Crippen LogP contribution in [0.25, 0.3) is 10.9 Å². The lowest BCUT2D eigenvalue weighted by atomic mass is 10.2. The molecule has 1 aromatic heterocycles. The second kappa shape index (κ2) is 6.27. The molecule has 1 saturated heterocycles. The molecule has 19 heavy (non-hydrogen) atoms. The van der Waals surface area contributed by atoms with Crippen LogP contribution in [0.15, 0.2) is 28.7 Å². The highest BCUT2D eigenvalue weighted by atomic mass is 79.9. The molecule has 0 atom stereocenters. The molecule has 1 N–H and O–H groups in total. The molecule has 1 aromatic carbocycles. The minimum Gasteiger partial charge on any atom is -0.353 e. The van der Waals surface area contributed by atoms with Crippen molar-refractivity contribution in [2.24, 2.45) is 0 Å². The normalized spacial score (nSPS) is 15.4. The first kappa shape index (κ1) is 14.9. The van der Waals surface area contributed by atoms with Crippen molar-refractivity contribution in [3.63, 3.8) is 0 Å². The lowest BCUT2D eigenvalue weighted by Crippen LogP contribution is -2.44. The lowest BCUT2D eigenvalue weighted by molar-refractivity contribution is 0.585. The van der Waals surface area contributed by atoms with Gasteiger partial charge in [0.05, 0.1) is 10.5 Å². The van der Waals surface area contributed by atoms with Crippen LogP contribution in [0, 0.1) is 0 Å². The topological polar surface area (TPSA) is 28.2 Å². The molecule has 2 heterocycles. The zero-order valence-corrected chi connectivity index (χ0v) is 13.4. The fraction of sp³-hybridized carbons (Fsp3) is 0.308. The average Bonchev–Trinajstić information content (AvgIpc) is 2.39. The lowest BCUT2D eigenvalue weighted by Gasteiger charge is -2.29. The van der Waals surface area contributed by atoms with Crippen molar-refractivity contribution in [3.8, 4) is 0 Å². The van der Waals surface area contributed by atoms with Gasteiger partial charge in [-0.15, -0.1) is 12.4 Å². The van der Waals surface area contributed by atoms with Gasteiger partial charge in [0, 0.05) is 36.0 Å². The number of aromatic nitrogens is 1. The molecule has 0 unspecified atom stereocenters. The third kappa shape index (κ3) is 3.14. The molecule has 102 valence electrons. The van der Waals surface area contributed by atoms with Gasteiger partial charge in [-0.2, -0.15) is 0 Å². The molecule has 0 bridgehead atoms. The summed E-state index contributed by atoms with van der Waals surface area (Å²) in [5, 5.41) is 5.12. The van der Waals surface area contributed by atoms with Gasteiger partial charge >= 0.3 is 0 Å². The number of hydrogen-bond acceptors (Lipinski definition) is 3. The van der Waals surface area contributed by atoms with E-state index in [-0.39, 0.29) is 12.4 Å². The zero-order valence-electron chi connectivity index (χ0n) is 10.2. The van der Waals surface area contributed by atoms with E-state index in [1.165, 1.54) is 0 Å². The van der Waals surface area contributed by atoms with Gasteiger partial charge in [0.15, 0.2) is 0 Å². The van der Waals surface area contributed by atoms with Gasteiger partial charge < -0.3 is 10.2 Å². The standard InChI is InChI=1S/C13H13BrClN3.ClH/c14-10-1-2-12-9(7-10)8-11(15)13(17-12)18-5-3-16-4-6-18;/h1-2,7-8,16H,3-6H2;1H. The Morgan fingerprint density at radius 2 is 1.95 bits per heavy atom. The second-order valence-corrected chi connectivity index (χ2v) is 5.69. The summed E-state index contributed by atoms with van der Waals surface area (Å²) in [5.74, 6) is 0.896. The first-order valence-electron chi connectivity index (χ1n) is 5.95. The molecule has 3 rings (SSSR count). The Morgan fingerprint density at radius 3 is 2.68 bits per heavy atom. The van der Waals surface area contributed by atoms with Crippen LogP contribution in [0.2, 0.25) is 5.02 Å². The fourth-order valence-electron chi connectivity index (χ4n) is 2.21. The van der Waals surface area contributed by atoms with E-state index in [0.29, 0.717) is 0 Å². The van der Waals surface area contributed by atoms with Crippen molar-refractivity contribution >= 4 is 56.7 Å². The molecule has 1 fully saturated rings. The smallest absolute Gasteiger partial charge is 0.148 e. The van der Waals surface area contributed by atoms with Crippen molar-refractivity contribution in [2.75, 3.05) is 31.1 Å². The van der Waals surface area contributed by atoms with Crippen LogP contribution in [-0.2, 0) is 0 Å². The molecule has 1 aliphatic rings. The van der Waals surface area contributed by atoms with E-state index in [1.54, 1.807) is 0 Å². The summed E-state index contributed by atoms with van der Waals surface area (Å²) in [7, 11) is 0. The molecule has 0 radical (unpaired) electrons. The van der Waals surface area contributed by atoms with Gasteiger partial charge in [-0.3, -0.25) is 0 Å². The third-order valence-electron chi connectivity index (χ3n) is 3.13. The number of piperazine rings is 1. The van der Waals surface area contributed by atoms with Gasteiger partial charge in [0.1, 0.15) is 5.82 Å². The number of nitrogens with zero attached hydrogens (tertiary/aromatic N) is 2. The first-order valence-corrected chi connectivity index (χ1v) is 7.12. The monoisotopic (exact) mass is 361 g/mol. The van der Waals surface area contributed by atoms with Crippen LogP contribution in [0.5, 0.6) is 0 Å². The number of pyridine rings is 1. The van der Waals surface area contributed by atoms with Gasteiger partial charge in [-0.1, -0.05) is 27.5 Å². The van der Waals surface area contributed by atoms with Crippen LogP contribution in [0.1, 0.15) is 0 Å². The Hall–Kier alpha value is -0.550. The highest BCUT2D eigenvalue weighted by Crippen LogP contribution is 2.29. The van der Waals surface area contributed by atoms with Crippen LogP contribution in [0.4, 0.5) is 5.82 Å². The van der Waals surface area contributed by atoms with Crippen molar-refractivity contribution in [2.45, 2.75) is 0 Å². The highest BCUT2D eigenvalue weighted by Gasteiger charge is 2.15. The van der Waals surface area contributed by atoms with E-state index in [2.05, 4.69) is 31.1 Å². The fourth-order valence-corrected chi connectivity index (χ4v) is 2.87. The van der Waals surface area contributed by atoms with Gasteiger partial charge in [-0.05, 0) is 24.3 Å². The minimum absolute atomic E-state index is 0. The molecular weight excluding hydrogens is 349 g/mol. The predicted molar refractivity (Wildman–Crippen MR) is 86.8 cm³/mol. The summed E-state index contributed by atoms with van der Waals surface area (Å²) in [6, 6.07) is 8.05. The van der Waals surface area contributed by atoms with E-state index >= 15 is 0 Å². The van der Waals surface area contributed by atoms with Gasteiger partial charge in [0.2, 0.25) is 0 Å². The maximum Gasteiger partial charge on any atom is 0.148 e. The van der Waals surface area contributed by atoms with Crippen LogP contribution < -0.4 is 10.2 Å². The van der Waals surface area contributed by atoms with E-state index < -0.39 is 0 Å². The highest BCUT2D eigenvalue weighted by molar-refractivity contribution is 9.10. The molecule has 0 aliphatic carbocycles. The predicted octanol–water partition coefficient (Wildman–Crippen LogP) is 3.48. The summed E-state index contributed by atoms with van der Waals surface area (Å²) in [6.45, 7) is 3.87. The van der Waals surface area contributed by atoms with Crippen LogP contribution in [-0.4, -0.2) is 31.2 Å². The van der Waals surface area contributed by atoms with Crippen molar-refractivity contribution in [1.82, 2.24) is 10.3 Å². The first-order chi connectivity index (χ1) is 8.74. The quantitative estimate of drug-likeness (QED) is 0.841. The number of fused-ring (bicyclic) bond motifs is 1. The molecule has 3 nitrogen and oxygen atoms in total. The molecule has 2 aromatic rings. The summed E-state index contributed by atoms with van der Waals surface area (Å²) >= 11 is 9.81.